The molecule has 1 unspecified atom stereocenters. The van der Waals surface area contributed by atoms with Crippen molar-refractivity contribution in [3.05, 3.63) is 42.0 Å². The Labute approximate surface area is 133 Å². The van der Waals surface area contributed by atoms with E-state index in [1.807, 2.05) is 6.92 Å². The second-order valence-electron chi connectivity index (χ2n) is 5.50. The van der Waals surface area contributed by atoms with Gasteiger partial charge in [0, 0.05) is 24.8 Å². The van der Waals surface area contributed by atoms with Gasteiger partial charge in [-0.15, -0.1) is 0 Å². The first kappa shape index (κ1) is 16.8. The topological polar surface area (TPSA) is 30.5 Å². The van der Waals surface area contributed by atoms with Crippen molar-refractivity contribution < 1.29 is 9.47 Å². The molecule has 120 valence electrons. The molecule has 22 heavy (non-hydrogen) atoms. The van der Waals surface area contributed by atoms with Crippen LogP contribution in [-0.2, 0) is 11.3 Å². The third-order valence-electron chi connectivity index (χ3n) is 3.93. The van der Waals surface area contributed by atoms with Gasteiger partial charge < -0.3 is 14.8 Å². The van der Waals surface area contributed by atoms with Crippen molar-refractivity contribution in [3.63, 3.8) is 0 Å². The maximum Gasteiger partial charge on any atom is 0.124 e. The van der Waals surface area contributed by atoms with Crippen LogP contribution in [0.5, 0.6) is 5.75 Å². The molecule has 0 aliphatic rings. The number of fused-ring (bicyclic) bond motifs is 1. The zero-order chi connectivity index (χ0) is 15.8. The summed E-state index contributed by atoms with van der Waals surface area (Å²) >= 11 is 0. The average Bonchev–Trinajstić information content (AvgIpc) is 2.56. The molecule has 1 N–H and O–H groups in total. The Morgan fingerprint density at radius 1 is 1.05 bits per heavy atom. The maximum absolute atomic E-state index is 5.95. The third-order valence-corrected chi connectivity index (χ3v) is 3.93. The van der Waals surface area contributed by atoms with Crippen LogP contribution in [0.4, 0.5) is 0 Å². The van der Waals surface area contributed by atoms with E-state index >= 15 is 0 Å². The Morgan fingerprint density at radius 2 is 1.86 bits per heavy atom. The van der Waals surface area contributed by atoms with E-state index < -0.39 is 0 Å². The molecular weight excluding hydrogens is 274 g/mol. The molecule has 2 aromatic carbocycles. The number of ether oxygens (including phenoxy) is 2. The van der Waals surface area contributed by atoms with Crippen LogP contribution in [-0.4, -0.2) is 25.9 Å². The van der Waals surface area contributed by atoms with E-state index in [0.29, 0.717) is 19.3 Å². The van der Waals surface area contributed by atoms with Crippen LogP contribution in [0.2, 0.25) is 0 Å². The number of hydrogen-bond acceptors (Lipinski definition) is 3. The van der Waals surface area contributed by atoms with Gasteiger partial charge >= 0.3 is 0 Å². The molecular formula is C19H27NO2. The van der Waals surface area contributed by atoms with E-state index in [9.17, 15) is 0 Å². The average molecular weight is 301 g/mol. The predicted molar refractivity (Wildman–Crippen MR) is 92.5 cm³/mol. The number of nitrogens with one attached hydrogen (secondary N) is 1. The molecule has 3 heteroatoms. The molecule has 0 radical (unpaired) electrons. The fraction of sp³-hybridized carbons (Fsp3) is 0.474. The molecule has 0 aliphatic heterocycles. The number of rotatable bonds is 9. The zero-order valence-corrected chi connectivity index (χ0v) is 13.9. The van der Waals surface area contributed by atoms with Crippen molar-refractivity contribution in [1.82, 2.24) is 5.32 Å². The predicted octanol–water partition coefficient (Wildman–Crippen LogP) is 4.14. The first-order valence-corrected chi connectivity index (χ1v) is 8.20. The summed E-state index contributed by atoms with van der Waals surface area (Å²) in [5, 5.41) is 6.08. The highest BCUT2D eigenvalue weighted by Gasteiger charge is 2.10. The van der Waals surface area contributed by atoms with Crippen LogP contribution >= 0.6 is 0 Å². The summed E-state index contributed by atoms with van der Waals surface area (Å²) in [6.07, 6.45) is 1.12. The molecule has 0 saturated heterocycles. The van der Waals surface area contributed by atoms with Crippen LogP contribution in [0.1, 0.15) is 32.8 Å². The lowest BCUT2D eigenvalue weighted by Gasteiger charge is -2.17. The Kier molecular flexibility index (Phi) is 6.69. The quantitative estimate of drug-likeness (QED) is 0.706. The van der Waals surface area contributed by atoms with Gasteiger partial charge in [-0.25, -0.2) is 0 Å². The van der Waals surface area contributed by atoms with Gasteiger partial charge in [0.05, 0.1) is 6.61 Å². The Bertz CT molecular complexity index is 583. The number of benzene rings is 2. The molecule has 3 nitrogen and oxygen atoms in total. The molecule has 0 aliphatic carbocycles. The van der Waals surface area contributed by atoms with E-state index in [4.69, 9.17) is 9.47 Å². The van der Waals surface area contributed by atoms with E-state index in [1.165, 1.54) is 16.3 Å². The molecule has 1 atom stereocenters. The van der Waals surface area contributed by atoms with Crippen molar-refractivity contribution >= 4 is 10.8 Å². The molecule has 0 spiro atoms. The van der Waals surface area contributed by atoms with Crippen molar-refractivity contribution in [2.75, 3.05) is 19.8 Å². The molecule has 2 aromatic rings. The standard InChI is InChI=1S/C19H27NO2/c1-4-15(3)20-14-18-17-9-7-6-8-16(17)10-11-19(18)22-13-12-21-5-2/h6-11,15,20H,4-5,12-14H2,1-3H3. The summed E-state index contributed by atoms with van der Waals surface area (Å²) in [7, 11) is 0. The summed E-state index contributed by atoms with van der Waals surface area (Å²) in [6.45, 7) is 9.16. The highest BCUT2D eigenvalue weighted by molar-refractivity contribution is 5.87. The van der Waals surface area contributed by atoms with Crippen molar-refractivity contribution in [1.29, 1.82) is 0 Å². The van der Waals surface area contributed by atoms with Gasteiger partial charge in [0.1, 0.15) is 12.4 Å². The van der Waals surface area contributed by atoms with Gasteiger partial charge in [-0.3, -0.25) is 0 Å². The second-order valence-corrected chi connectivity index (χ2v) is 5.50. The second kappa shape index (κ2) is 8.76. The molecule has 0 aromatic heterocycles. The highest BCUT2D eigenvalue weighted by Crippen LogP contribution is 2.28. The highest BCUT2D eigenvalue weighted by atomic mass is 16.5. The summed E-state index contributed by atoms with van der Waals surface area (Å²) in [5.41, 5.74) is 1.23. The Hall–Kier alpha value is -1.58. The van der Waals surface area contributed by atoms with Crippen molar-refractivity contribution in [2.24, 2.45) is 0 Å². The SMILES string of the molecule is CCOCCOc1ccc2ccccc2c1CNC(C)CC. The lowest BCUT2D eigenvalue weighted by atomic mass is 10.0. The molecule has 0 amide bonds. The molecule has 0 fully saturated rings. The Balaban J connectivity index is 2.21. The fourth-order valence-electron chi connectivity index (χ4n) is 2.41. The van der Waals surface area contributed by atoms with Crippen LogP contribution in [0.3, 0.4) is 0 Å². The van der Waals surface area contributed by atoms with Gasteiger partial charge in [0.25, 0.3) is 0 Å². The lowest BCUT2D eigenvalue weighted by molar-refractivity contribution is 0.110. The van der Waals surface area contributed by atoms with E-state index in [-0.39, 0.29) is 0 Å². The van der Waals surface area contributed by atoms with Crippen molar-refractivity contribution in [2.45, 2.75) is 39.8 Å². The first-order chi connectivity index (χ1) is 10.8. The van der Waals surface area contributed by atoms with Crippen molar-refractivity contribution in [3.8, 4) is 5.75 Å². The first-order valence-electron chi connectivity index (χ1n) is 8.20. The van der Waals surface area contributed by atoms with Crippen LogP contribution in [0.15, 0.2) is 36.4 Å². The zero-order valence-electron chi connectivity index (χ0n) is 13.9. The minimum atomic E-state index is 0.496. The van der Waals surface area contributed by atoms with Gasteiger partial charge in [-0.2, -0.15) is 0 Å². The van der Waals surface area contributed by atoms with Crippen LogP contribution in [0, 0.1) is 0 Å². The normalized spacial score (nSPS) is 12.5. The molecule has 2 rings (SSSR count). The van der Waals surface area contributed by atoms with E-state index in [0.717, 1.165) is 25.3 Å². The molecule has 0 bridgehead atoms. The van der Waals surface area contributed by atoms with Crippen LogP contribution < -0.4 is 10.1 Å². The minimum Gasteiger partial charge on any atom is -0.491 e. The fourth-order valence-corrected chi connectivity index (χ4v) is 2.41. The lowest BCUT2D eigenvalue weighted by Crippen LogP contribution is -2.25. The minimum absolute atomic E-state index is 0.496. The molecule has 0 heterocycles. The van der Waals surface area contributed by atoms with Gasteiger partial charge in [-0.1, -0.05) is 37.3 Å². The summed E-state index contributed by atoms with van der Waals surface area (Å²) in [5.74, 6) is 0.953. The summed E-state index contributed by atoms with van der Waals surface area (Å²) < 4.78 is 11.3. The monoisotopic (exact) mass is 301 g/mol. The third kappa shape index (κ3) is 4.46. The molecule has 0 saturated carbocycles. The maximum atomic E-state index is 5.95. The smallest absolute Gasteiger partial charge is 0.124 e. The summed E-state index contributed by atoms with van der Waals surface area (Å²) in [4.78, 5) is 0. The van der Waals surface area contributed by atoms with Gasteiger partial charge in [-0.05, 0) is 37.1 Å². The van der Waals surface area contributed by atoms with E-state index in [1.54, 1.807) is 0 Å². The van der Waals surface area contributed by atoms with E-state index in [2.05, 4.69) is 55.6 Å². The van der Waals surface area contributed by atoms with Crippen LogP contribution in [0.25, 0.3) is 10.8 Å². The largest absolute Gasteiger partial charge is 0.491 e. The number of hydrogen-bond donors (Lipinski definition) is 1. The van der Waals surface area contributed by atoms with Gasteiger partial charge in [0.15, 0.2) is 0 Å². The summed E-state index contributed by atoms with van der Waals surface area (Å²) in [6, 6.07) is 13.2. The van der Waals surface area contributed by atoms with Gasteiger partial charge in [0.2, 0.25) is 0 Å². The Morgan fingerprint density at radius 3 is 2.64 bits per heavy atom.